The monoisotopic (exact) mass is 677 g/mol. The molecule has 1 atom stereocenters. The van der Waals surface area contributed by atoms with Gasteiger partial charge in [-0.2, -0.15) is 0 Å². The molecule has 0 spiro atoms. The van der Waals surface area contributed by atoms with E-state index in [2.05, 4.69) is 119 Å². The highest BCUT2D eigenvalue weighted by molar-refractivity contribution is 7.32. The minimum atomic E-state index is -1.95. The molecule has 2 heterocycles. The van der Waals surface area contributed by atoms with Crippen molar-refractivity contribution < 1.29 is 17.7 Å². The largest absolute Gasteiger partial charge is 0.475 e. The summed E-state index contributed by atoms with van der Waals surface area (Å²) in [5.74, 6) is 1.17. The maximum absolute atomic E-state index is 7.01. The Labute approximate surface area is 293 Å². The van der Waals surface area contributed by atoms with Gasteiger partial charge >= 0.3 is 8.24 Å². The highest BCUT2D eigenvalue weighted by Crippen LogP contribution is 2.46. The zero-order chi connectivity index (χ0) is 35.5. The molecule has 0 fully saturated rings. The summed E-state index contributed by atoms with van der Waals surface area (Å²) < 4.78 is 27.0. The summed E-state index contributed by atoms with van der Waals surface area (Å²) in [7, 11) is -1.95. The average Bonchev–Trinajstić information content (AvgIpc) is 3.44. The molecule has 49 heavy (non-hydrogen) atoms. The molecule has 6 rings (SSSR count). The van der Waals surface area contributed by atoms with E-state index in [1.807, 2.05) is 42.5 Å². The van der Waals surface area contributed by atoms with Gasteiger partial charge in [0.05, 0.1) is 5.56 Å². The van der Waals surface area contributed by atoms with Crippen molar-refractivity contribution in [3.8, 4) is 5.75 Å². The Morgan fingerprint density at radius 2 is 1.10 bits per heavy atom. The number of nitrogens with zero attached hydrogens (tertiary/aromatic N) is 1. The summed E-state index contributed by atoms with van der Waals surface area (Å²) >= 11 is 0. The summed E-state index contributed by atoms with van der Waals surface area (Å²) in [6.07, 6.45) is 0. The summed E-state index contributed by atoms with van der Waals surface area (Å²) in [5, 5.41) is 2.08. The molecule has 0 bridgehead atoms. The highest BCUT2D eigenvalue weighted by atomic mass is 31.1. The summed E-state index contributed by atoms with van der Waals surface area (Å²) in [4.78, 5) is 4.97. The molecule has 0 saturated carbocycles. The van der Waals surface area contributed by atoms with Gasteiger partial charge < -0.3 is 17.7 Å². The van der Waals surface area contributed by atoms with Gasteiger partial charge in [0.15, 0.2) is 0 Å². The molecular weight excluding hydrogens is 625 g/mol. The van der Waals surface area contributed by atoms with Crippen LogP contribution in [0.5, 0.6) is 5.75 Å². The van der Waals surface area contributed by atoms with Gasteiger partial charge in [-0.15, -0.1) is 0 Å². The van der Waals surface area contributed by atoms with Gasteiger partial charge in [0, 0.05) is 21.9 Å². The standard InChI is InChI=1S/C43H52NO4P/c1-40(2,3)28-22-31-32-23-29(41(4,5)6)25-34(43(10,11)12)38(32)48-49(47-37(31)33(24-28)42(7,8)9)46-36-21-17-16-20-30(36)39-44-35(26-45-39)27-18-14-13-15-19-27/h13-25,35H,26H2,1-12H3/t35-/m0/s1. The Morgan fingerprint density at radius 1 is 0.612 bits per heavy atom. The molecule has 0 unspecified atom stereocenters. The normalized spacial score (nSPS) is 15.8. The molecule has 0 radical (unpaired) electrons. The number of benzene rings is 4. The molecule has 0 N–H and O–H groups in total. The van der Waals surface area contributed by atoms with Crippen molar-refractivity contribution in [1.82, 2.24) is 0 Å². The van der Waals surface area contributed by atoms with Crippen molar-refractivity contribution in [2.24, 2.45) is 4.99 Å². The molecule has 258 valence electrons. The van der Waals surface area contributed by atoms with E-state index in [1.54, 1.807) is 0 Å². The minimum Gasteiger partial charge on any atom is -0.475 e. The topological polar surface area (TPSA) is 57.1 Å². The fourth-order valence-electron chi connectivity index (χ4n) is 6.21. The minimum absolute atomic E-state index is 0.0724. The Hall–Kier alpha value is -3.95. The van der Waals surface area contributed by atoms with E-state index >= 15 is 0 Å². The van der Waals surface area contributed by atoms with E-state index in [0.717, 1.165) is 44.2 Å². The van der Waals surface area contributed by atoms with Gasteiger partial charge in [0.1, 0.15) is 29.6 Å². The third kappa shape index (κ3) is 7.19. The lowest BCUT2D eigenvalue weighted by Crippen LogP contribution is -2.17. The molecule has 5 aromatic rings. The van der Waals surface area contributed by atoms with Crippen molar-refractivity contribution >= 4 is 36.1 Å². The zero-order valence-corrected chi connectivity index (χ0v) is 32.2. The summed E-state index contributed by atoms with van der Waals surface area (Å²) in [6.45, 7) is 27.6. The molecule has 0 amide bonds. The first-order valence-electron chi connectivity index (χ1n) is 17.4. The molecule has 1 aromatic heterocycles. The van der Waals surface area contributed by atoms with Crippen LogP contribution >= 0.6 is 8.24 Å². The molecular formula is C43H52NO4P. The van der Waals surface area contributed by atoms with Crippen molar-refractivity contribution in [2.45, 2.75) is 111 Å². The first kappa shape index (κ1) is 34.9. The number of ether oxygens (including phenoxy) is 1. The molecule has 1 aliphatic heterocycles. The highest BCUT2D eigenvalue weighted by Gasteiger charge is 2.30. The predicted octanol–water partition coefficient (Wildman–Crippen LogP) is 12.8. The van der Waals surface area contributed by atoms with Gasteiger partial charge in [0.25, 0.3) is 0 Å². The second-order valence-electron chi connectivity index (χ2n) is 17.5. The lowest BCUT2D eigenvalue weighted by Gasteiger charge is -2.27. The summed E-state index contributed by atoms with van der Waals surface area (Å²) in [6, 6.07) is 27.3. The van der Waals surface area contributed by atoms with Gasteiger partial charge in [-0.25, -0.2) is 4.99 Å². The van der Waals surface area contributed by atoms with Crippen LogP contribution in [0.2, 0.25) is 0 Å². The lowest BCUT2D eigenvalue weighted by molar-refractivity contribution is 0.319. The van der Waals surface area contributed by atoms with Gasteiger partial charge in [-0.3, -0.25) is 0 Å². The van der Waals surface area contributed by atoms with Crippen molar-refractivity contribution in [1.29, 1.82) is 0 Å². The Bertz CT molecular complexity index is 1990. The second-order valence-corrected chi connectivity index (χ2v) is 18.5. The fourth-order valence-corrected chi connectivity index (χ4v) is 7.33. The van der Waals surface area contributed by atoms with Crippen LogP contribution in [-0.2, 0) is 26.4 Å². The van der Waals surface area contributed by atoms with E-state index in [9.17, 15) is 0 Å². The van der Waals surface area contributed by atoms with E-state index in [1.165, 1.54) is 11.1 Å². The second kappa shape index (κ2) is 12.4. The zero-order valence-electron chi connectivity index (χ0n) is 31.3. The molecule has 1 aliphatic rings. The maximum atomic E-state index is 7.01. The van der Waals surface area contributed by atoms with Crippen molar-refractivity contribution in [3.05, 3.63) is 112 Å². The Balaban J connectivity index is 1.66. The lowest BCUT2D eigenvalue weighted by atomic mass is 9.77. The van der Waals surface area contributed by atoms with Gasteiger partial charge in [-0.05, 0) is 62.6 Å². The van der Waals surface area contributed by atoms with E-state index in [-0.39, 0.29) is 27.7 Å². The first-order valence-corrected chi connectivity index (χ1v) is 18.5. The quantitative estimate of drug-likeness (QED) is 0.190. The van der Waals surface area contributed by atoms with Crippen LogP contribution < -0.4 is 4.52 Å². The van der Waals surface area contributed by atoms with Crippen LogP contribution in [0.4, 0.5) is 0 Å². The van der Waals surface area contributed by atoms with Crippen LogP contribution in [0.25, 0.3) is 21.9 Å². The van der Waals surface area contributed by atoms with E-state index < -0.39 is 8.24 Å². The number of fused-ring (bicyclic) bond motifs is 3. The SMILES string of the molecule is CC(C)(C)c1cc(C(C)(C)C)c2op(Oc3ccccc3C3=N[C@H](c4ccccc4)CO3)oc3c(C(C)(C)C)cc(C(C)(C)C)cc3c2c1. The van der Waals surface area contributed by atoms with Crippen LogP contribution in [0, 0.1) is 0 Å². The van der Waals surface area contributed by atoms with Crippen LogP contribution in [0.3, 0.4) is 0 Å². The van der Waals surface area contributed by atoms with Gasteiger partial charge in [0.2, 0.25) is 5.90 Å². The smallest absolute Gasteiger partial charge is 0.453 e. The molecule has 0 aliphatic carbocycles. The number of para-hydroxylation sites is 1. The van der Waals surface area contributed by atoms with E-state index in [4.69, 9.17) is 22.6 Å². The van der Waals surface area contributed by atoms with Gasteiger partial charge in [-0.1, -0.05) is 138 Å². The van der Waals surface area contributed by atoms with Crippen molar-refractivity contribution in [2.75, 3.05) is 6.61 Å². The Kier molecular flexibility index (Phi) is 8.85. The number of aliphatic imine (C=N–C) groups is 1. The third-order valence-corrected chi connectivity index (χ3v) is 10.3. The molecule has 5 nitrogen and oxygen atoms in total. The molecule has 6 heteroatoms. The number of rotatable bonds is 4. The third-order valence-electron chi connectivity index (χ3n) is 9.27. The average molecular weight is 678 g/mol. The summed E-state index contributed by atoms with van der Waals surface area (Å²) in [5.41, 5.74) is 7.73. The predicted molar refractivity (Wildman–Crippen MR) is 205 cm³/mol. The van der Waals surface area contributed by atoms with Crippen LogP contribution in [0.15, 0.2) is 92.2 Å². The number of hydrogen-bond donors (Lipinski definition) is 0. The van der Waals surface area contributed by atoms with E-state index in [0.29, 0.717) is 18.3 Å². The number of hydrogen-bond acceptors (Lipinski definition) is 5. The van der Waals surface area contributed by atoms with Crippen LogP contribution in [0.1, 0.15) is 123 Å². The molecule has 4 aromatic carbocycles. The first-order chi connectivity index (χ1) is 22.8. The fraction of sp³-hybridized carbons (Fsp3) is 0.419. The van der Waals surface area contributed by atoms with Crippen LogP contribution in [-0.4, -0.2) is 12.5 Å². The Morgan fingerprint density at radius 3 is 1.59 bits per heavy atom. The molecule has 0 saturated heterocycles. The van der Waals surface area contributed by atoms with Crippen molar-refractivity contribution in [3.63, 3.8) is 0 Å². The maximum Gasteiger partial charge on any atom is 0.453 e.